The average Bonchev–Trinajstić information content (AvgIpc) is 1.14. The van der Waals surface area contributed by atoms with E-state index in [1.165, 1.54) is 100 Å². The van der Waals surface area contributed by atoms with Crippen LogP contribution in [0.15, 0.2) is 231 Å². The summed E-state index contributed by atoms with van der Waals surface area (Å²) in [5.74, 6) is 4.07. The first-order valence-electron chi connectivity index (χ1n) is 40.0. The van der Waals surface area contributed by atoms with Crippen molar-refractivity contribution in [2.24, 2.45) is 17.8 Å². The molecule has 18 nitrogen and oxygen atoms in total. The van der Waals surface area contributed by atoms with E-state index in [0.29, 0.717) is 29.8 Å². The van der Waals surface area contributed by atoms with Crippen LogP contribution >= 0.6 is 35.3 Å². The van der Waals surface area contributed by atoms with Crippen molar-refractivity contribution in [2.45, 2.75) is 119 Å². The van der Waals surface area contributed by atoms with Gasteiger partial charge >= 0.3 is 0 Å². The fourth-order valence-electron chi connectivity index (χ4n) is 16.4. The zero-order valence-electron chi connectivity index (χ0n) is 68.2. The number of rotatable bonds is 27. The zero-order valence-corrected chi connectivity index (χ0v) is 70.6. The highest BCUT2D eigenvalue weighted by Gasteiger charge is 2.51. The van der Waals surface area contributed by atoms with Gasteiger partial charge in [-0.1, -0.05) is 146 Å². The Labute approximate surface area is 703 Å². The Morgan fingerprint density at radius 2 is 0.678 bits per heavy atom. The molecular formula is C96H101FN12O6S3. The Kier molecular flexibility index (Phi) is 27.9. The topological polar surface area (TPSA) is 228 Å². The summed E-state index contributed by atoms with van der Waals surface area (Å²) in [5, 5.41) is 32.9. The van der Waals surface area contributed by atoms with Crippen LogP contribution in [0.4, 0.5) is 21.8 Å². The number of aromatic nitrogens is 6. The molecule has 6 N–H and O–H groups in total. The molecule has 118 heavy (non-hydrogen) atoms. The number of carbonyl (C=O) groups is 6. The summed E-state index contributed by atoms with van der Waals surface area (Å²) in [6, 6.07) is 73.3. The number of hydrogen-bond donors (Lipinski definition) is 6. The van der Waals surface area contributed by atoms with Gasteiger partial charge in [0.05, 0.1) is 74.7 Å². The predicted molar refractivity (Wildman–Crippen MR) is 478 cm³/mol. The van der Waals surface area contributed by atoms with Gasteiger partial charge in [0.2, 0.25) is 35.4 Å². The summed E-state index contributed by atoms with van der Waals surface area (Å²) in [6.45, 7) is 19.1. The number of anilines is 3. The first-order valence-corrected chi connectivity index (χ1v) is 43.5. The molecule has 0 radical (unpaired) electrons. The van der Waals surface area contributed by atoms with Crippen LogP contribution in [0.3, 0.4) is 0 Å². The molecule has 0 unspecified atom stereocenters. The van der Waals surface area contributed by atoms with Gasteiger partial charge < -0.3 is 31.9 Å². The Balaban J connectivity index is 0.000000154. The van der Waals surface area contributed by atoms with Crippen LogP contribution in [0.1, 0.15) is 111 Å². The van der Waals surface area contributed by atoms with E-state index in [1.54, 1.807) is 26.2 Å². The lowest BCUT2D eigenvalue weighted by atomic mass is 9.53. The van der Waals surface area contributed by atoms with E-state index in [2.05, 4.69) is 131 Å². The molecule has 16 rings (SSSR count). The van der Waals surface area contributed by atoms with Gasteiger partial charge in [0.15, 0.2) is 0 Å². The van der Waals surface area contributed by atoms with E-state index in [4.69, 9.17) is 15.3 Å². The second kappa shape index (κ2) is 39.1. The van der Waals surface area contributed by atoms with Gasteiger partial charge in [0.1, 0.15) is 23.3 Å². The van der Waals surface area contributed by atoms with Gasteiger partial charge in [-0.2, -0.15) is 15.3 Å². The molecule has 4 saturated carbocycles. The SMILES string of the molecule is Cc1cc(C)c(-c2cc(NC(=O)CSCC(=O)NC(c3ccccc3)c3ccccc3)n(-c3ccccc3)n2)cc1C.Cc1cc(C)c(-c2cc(NC(=O)CSCC(=O)NC34CC5CC(CC(C5)C3)C4)n(-c3ccccc3)n2)cc1C.Cc1cc(C)c(-c2cc(NC(=O)CSCC(=O)NCc3ccc(F)cc3)n(-c3ccccc3)n2)cc1C. The van der Waals surface area contributed by atoms with Crippen molar-refractivity contribution in [1.82, 2.24) is 45.3 Å². The molecule has 0 spiro atoms. The predicted octanol–water partition coefficient (Wildman–Crippen LogP) is 18.9. The van der Waals surface area contributed by atoms with Crippen LogP contribution in [-0.2, 0) is 35.3 Å². The molecule has 4 aliphatic rings. The number of hydrogen-bond acceptors (Lipinski definition) is 12. The molecule has 22 heteroatoms. The van der Waals surface area contributed by atoms with Crippen molar-refractivity contribution in [3.63, 3.8) is 0 Å². The number of aryl methyl sites for hydroxylation is 9. The van der Waals surface area contributed by atoms with E-state index in [0.717, 1.165) is 121 Å². The van der Waals surface area contributed by atoms with Gasteiger partial charge in [-0.25, -0.2) is 18.4 Å². The first kappa shape index (κ1) is 84.3. The largest absolute Gasteiger partial charge is 0.351 e. The molecule has 0 atom stereocenters. The highest BCUT2D eigenvalue weighted by Crippen LogP contribution is 2.56. The highest BCUT2D eigenvalue weighted by atomic mass is 32.2. The summed E-state index contributed by atoms with van der Waals surface area (Å²) >= 11 is 3.88. The van der Waals surface area contributed by atoms with E-state index < -0.39 is 0 Å². The lowest BCUT2D eigenvalue weighted by molar-refractivity contribution is -0.124. The molecule has 3 aromatic heterocycles. The van der Waals surface area contributed by atoms with Crippen LogP contribution in [0, 0.1) is 85.9 Å². The van der Waals surface area contributed by atoms with Crippen LogP contribution in [0.2, 0.25) is 0 Å². The van der Waals surface area contributed by atoms with Gasteiger partial charge in [0.25, 0.3) is 0 Å². The molecule has 4 bridgehead atoms. The van der Waals surface area contributed by atoms with Gasteiger partial charge in [-0.05, 0) is 252 Å². The summed E-state index contributed by atoms with van der Waals surface area (Å²) in [4.78, 5) is 76.8. The standard InChI is InChI=1S/C35H34N4O2S.C32H38N4O2S.C29H29FN4O2S/c1-24-19-26(3)30(20-25(24)2)31-21-32(39(38-31)29-17-11-6-12-18-29)36-33(40)22-42-23-34(41)37-35(27-13-7-4-8-14-27)28-15-9-5-10-16-28;1-20-9-22(3)27(10-21(20)2)28-14-29(36(35-28)26-7-5-4-6-8-26)33-30(37)18-39-19-31(38)34-32-15-23-11-24(16-32)13-25(12-23)17-32;1-19-13-21(3)25(14-20(19)2)26-15-27(34(33-26)24-7-5-4-6-8-24)32-29(36)18-37-17-28(35)31-16-22-9-11-23(30)12-10-22/h4-21,35H,22-23H2,1-3H3,(H,36,40)(H,37,41);4-10,14,23-25H,11-13,15-19H2,1-3H3,(H,33,37)(H,34,38);4-15H,16-18H2,1-3H3,(H,31,35)(H,32,36). The van der Waals surface area contributed by atoms with Crippen LogP contribution in [0.25, 0.3) is 50.8 Å². The third-order valence-corrected chi connectivity index (χ3v) is 24.9. The number of carbonyl (C=O) groups excluding carboxylic acids is 6. The molecule has 3 heterocycles. The summed E-state index contributed by atoms with van der Waals surface area (Å²) < 4.78 is 18.3. The van der Waals surface area contributed by atoms with Crippen molar-refractivity contribution >= 4 is 88.2 Å². The van der Waals surface area contributed by atoms with Crippen molar-refractivity contribution in [3.05, 3.63) is 303 Å². The lowest BCUT2D eigenvalue weighted by Gasteiger charge is -2.56. The van der Waals surface area contributed by atoms with Crippen molar-refractivity contribution < 1.29 is 33.2 Å². The molecule has 12 aromatic rings. The number of amides is 6. The Morgan fingerprint density at radius 1 is 0.373 bits per heavy atom. The minimum absolute atomic E-state index is 0.0136. The second-order valence-electron chi connectivity index (χ2n) is 31.3. The van der Waals surface area contributed by atoms with Gasteiger partial charge in [0, 0.05) is 47.0 Å². The van der Waals surface area contributed by atoms with E-state index >= 15 is 0 Å². The monoisotopic (exact) mass is 1630 g/mol. The summed E-state index contributed by atoms with van der Waals surface area (Å²) in [6.07, 6.45) is 7.49. The smallest absolute Gasteiger partial charge is 0.235 e. The van der Waals surface area contributed by atoms with Crippen LogP contribution in [0.5, 0.6) is 0 Å². The fourth-order valence-corrected chi connectivity index (χ4v) is 18.3. The average molecular weight is 1630 g/mol. The Morgan fingerprint density at radius 3 is 1.03 bits per heavy atom. The minimum atomic E-state index is -0.318. The van der Waals surface area contributed by atoms with E-state index in [1.807, 2.05) is 170 Å². The zero-order chi connectivity index (χ0) is 83.0. The molecule has 606 valence electrons. The number of nitrogens with zero attached hydrogens (tertiary/aromatic N) is 6. The highest BCUT2D eigenvalue weighted by molar-refractivity contribution is 8.01. The lowest BCUT2D eigenvalue weighted by Crippen LogP contribution is -2.60. The molecule has 4 aliphatic carbocycles. The molecular weight excluding hydrogens is 1530 g/mol. The summed E-state index contributed by atoms with van der Waals surface area (Å²) in [5.41, 5.74) is 21.5. The Hall–Kier alpha value is -11.6. The quantitative estimate of drug-likeness (QED) is 0.0283. The van der Waals surface area contributed by atoms with Crippen molar-refractivity contribution in [2.75, 3.05) is 50.5 Å². The number of benzene rings is 9. The number of halogens is 1. The van der Waals surface area contributed by atoms with Crippen LogP contribution in [-0.4, -0.2) is 105 Å². The second-order valence-corrected chi connectivity index (χ2v) is 34.3. The normalized spacial score (nSPS) is 15.6. The fraction of sp³-hybridized carbons (Fsp3) is 0.281. The summed E-state index contributed by atoms with van der Waals surface area (Å²) in [7, 11) is 0. The third-order valence-electron chi connectivity index (χ3n) is 22.1. The molecule has 0 aliphatic heterocycles. The molecule has 4 fully saturated rings. The molecule has 0 saturated heterocycles. The maximum absolute atomic E-state index is 13.0. The molecule has 9 aromatic carbocycles. The number of nitrogens with one attached hydrogen (secondary N) is 6. The van der Waals surface area contributed by atoms with Crippen LogP contribution < -0.4 is 31.9 Å². The van der Waals surface area contributed by atoms with Crippen molar-refractivity contribution in [3.8, 4) is 50.8 Å². The van der Waals surface area contributed by atoms with Crippen molar-refractivity contribution in [1.29, 1.82) is 0 Å². The van der Waals surface area contributed by atoms with Gasteiger partial charge in [-0.3, -0.25) is 28.8 Å². The van der Waals surface area contributed by atoms with E-state index in [-0.39, 0.29) is 81.6 Å². The first-order chi connectivity index (χ1) is 56.9. The molecule has 6 amide bonds. The number of thioether (sulfide) groups is 3. The maximum atomic E-state index is 13.0. The third kappa shape index (κ3) is 22.0. The Bertz CT molecular complexity index is 5470. The number of para-hydroxylation sites is 3. The minimum Gasteiger partial charge on any atom is -0.351 e. The van der Waals surface area contributed by atoms with E-state index in [9.17, 15) is 33.2 Å². The van der Waals surface area contributed by atoms with Gasteiger partial charge in [-0.15, -0.1) is 35.3 Å². The maximum Gasteiger partial charge on any atom is 0.235 e.